The van der Waals surface area contributed by atoms with Gasteiger partial charge in [0.05, 0.1) is 6.54 Å². The molecule has 0 aliphatic carbocycles. The fourth-order valence-electron chi connectivity index (χ4n) is 3.91. The highest BCUT2D eigenvalue weighted by Crippen LogP contribution is 2.22. The van der Waals surface area contributed by atoms with Crippen LogP contribution in [0.15, 0.2) is 61.2 Å². The summed E-state index contributed by atoms with van der Waals surface area (Å²) in [5, 5.41) is 4.34. The maximum Gasteiger partial charge on any atom is 0.123 e. The second kappa shape index (κ2) is 8.32. The van der Waals surface area contributed by atoms with Crippen molar-refractivity contribution in [2.75, 3.05) is 6.54 Å². The van der Waals surface area contributed by atoms with Gasteiger partial charge in [0.25, 0.3) is 0 Å². The van der Waals surface area contributed by atoms with E-state index < -0.39 is 0 Å². The summed E-state index contributed by atoms with van der Waals surface area (Å²) >= 11 is 0. The van der Waals surface area contributed by atoms with Crippen LogP contribution in [0.25, 0.3) is 0 Å². The maximum atomic E-state index is 4.65. The number of hydrogen-bond donors (Lipinski definition) is 0. The Morgan fingerprint density at radius 2 is 1.88 bits per heavy atom. The van der Waals surface area contributed by atoms with E-state index in [0.717, 1.165) is 26.1 Å². The van der Waals surface area contributed by atoms with E-state index in [0.29, 0.717) is 6.04 Å². The SMILES string of the molecule is c1ccc(Cn2ccnc2CN2CCCC[C@H]2CCn2cccn2)cc1. The van der Waals surface area contributed by atoms with Crippen LogP contribution in [0.2, 0.25) is 0 Å². The predicted molar refractivity (Wildman–Crippen MR) is 103 cm³/mol. The first-order valence-electron chi connectivity index (χ1n) is 9.64. The minimum absolute atomic E-state index is 0.620. The highest BCUT2D eigenvalue weighted by Gasteiger charge is 2.23. The quantitative estimate of drug-likeness (QED) is 0.654. The summed E-state index contributed by atoms with van der Waals surface area (Å²) in [5.74, 6) is 1.17. The second-order valence-corrected chi connectivity index (χ2v) is 7.13. The van der Waals surface area contributed by atoms with Crippen molar-refractivity contribution in [3.63, 3.8) is 0 Å². The molecular formula is C21H27N5. The predicted octanol–water partition coefficient (Wildman–Crippen LogP) is 3.57. The Kier molecular flexibility index (Phi) is 5.45. The molecule has 3 heterocycles. The normalized spacial score (nSPS) is 18.2. The molecule has 1 atom stereocenters. The number of rotatable bonds is 7. The van der Waals surface area contributed by atoms with Crippen molar-refractivity contribution in [1.29, 1.82) is 0 Å². The summed E-state index contributed by atoms with van der Waals surface area (Å²) in [6.45, 7) is 3.99. The molecule has 0 saturated carbocycles. The molecule has 26 heavy (non-hydrogen) atoms. The fourth-order valence-corrected chi connectivity index (χ4v) is 3.91. The van der Waals surface area contributed by atoms with Crippen LogP contribution in [0.4, 0.5) is 0 Å². The molecule has 1 aliphatic heterocycles. The van der Waals surface area contributed by atoms with Crippen LogP contribution >= 0.6 is 0 Å². The van der Waals surface area contributed by atoms with Crippen LogP contribution in [0.3, 0.4) is 0 Å². The number of nitrogens with zero attached hydrogens (tertiary/aromatic N) is 5. The van der Waals surface area contributed by atoms with Crippen LogP contribution in [0.1, 0.15) is 37.1 Å². The monoisotopic (exact) mass is 349 g/mol. The van der Waals surface area contributed by atoms with E-state index in [2.05, 4.69) is 62.3 Å². The number of likely N-dealkylation sites (tertiary alicyclic amines) is 1. The minimum atomic E-state index is 0.620. The van der Waals surface area contributed by atoms with Crippen LogP contribution in [0, 0.1) is 0 Å². The van der Waals surface area contributed by atoms with Gasteiger partial charge >= 0.3 is 0 Å². The molecule has 3 aromatic rings. The molecular weight excluding hydrogens is 322 g/mol. The van der Waals surface area contributed by atoms with Crippen molar-refractivity contribution in [2.45, 2.75) is 51.4 Å². The number of imidazole rings is 1. The van der Waals surface area contributed by atoms with Gasteiger partial charge < -0.3 is 4.57 Å². The molecule has 0 bridgehead atoms. The molecule has 0 spiro atoms. The van der Waals surface area contributed by atoms with Gasteiger partial charge in [-0.25, -0.2) is 4.98 Å². The van der Waals surface area contributed by atoms with Gasteiger partial charge in [-0.2, -0.15) is 5.10 Å². The average Bonchev–Trinajstić information content (AvgIpc) is 3.34. The van der Waals surface area contributed by atoms with Crippen LogP contribution in [-0.2, 0) is 19.6 Å². The lowest BCUT2D eigenvalue weighted by Crippen LogP contribution is -2.40. The second-order valence-electron chi connectivity index (χ2n) is 7.13. The minimum Gasteiger partial charge on any atom is -0.329 e. The van der Waals surface area contributed by atoms with Gasteiger partial charge in [-0.05, 0) is 37.4 Å². The first-order valence-corrected chi connectivity index (χ1v) is 9.64. The Morgan fingerprint density at radius 3 is 2.73 bits per heavy atom. The van der Waals surface area contributed by atoms with Gasteiger partial charge in [0.2, 0.25) is 0 Å². The van der Waals surface area contributed by atoms with Gasteiger partial charge in [-0.1, -0.05) is 36.8 Å². The summed E-state index contributed by atoms with van der Waals surface area (Å²) in [4.78, 5) is 7.28. The first kappa shape index (κ1) is 17.0. The third kappa shape index (κ3) is 4.22. The summed E-state index contributed by atoms with van der Waals surface area (Å²) in [6.07, 6.45) is 13.0. The number of hydrogen-bond acceptors (Lipinski definition) is 3. The number of piperidine rings is 1. The standard InChI is InChI=1S/C21H27N5/c1-2-7-19(8-3-1)17-25-16-12-22-21(25)18-24-13-5-4-9-20(24)10-15-26-14-6-11-23-26/h1-3,6-8,11-12,14,16,20H,4-5,9-10,13,15,17-18H2/t20-/m0/s1. The van der Waals surface area contributed by atoms with Crippen molar-refractivity contribution in [3.05, 3.63) is 72.6 Å². The van der Waals surface area contributed by atoms with Crippen molar-refractivity contribution < 1.29 is 0 Å². The Balaban J connectivity index is 1.41. The molecule has 0 N–H and O–H groups in total. The van der Waals surface area contributed by atoms with Gasteiger partial charge in [-0.15, -0.1) is 0 Å². The van der Waals surface area contributed by atoms with Crippen LogP contribution in [-0.4, -0.2) is 36.8 Å². The summed E-state index contributed by atoms with van der Waals surface area (Å²) in [5.41, 5.74) is 1.32. The molecule has 1 aliphatic rings. The van der Waals surface area contributed by atoms with Gasteiger partial charge in [0.15, 0.2) is 0 Å². The molecule has 0 unspecified atom stereocenters. The van der Waals surface area contributed by atoms with Gasteiger partial charge in [0, 0.05) is 43.9 Å². The number of aromatic nitrogens is 4. The highest BCUT2D eigenvalue weighted by molar-refractivity contribution is 5.15. The molecule has 1 fully saturated rings. The Labute approximate surface area is 155 Å². The topological polar surface area (TPSA) is 38.9 Å². The first-order chi connectivity index (χ1) is 12.9. The largest absolute Gasteiger partial charge is 0.329 e. The number of benzene rings is 1. The molecule has 5 nitrogen and oxygen atoms in total. The zero-order valence-corrected chi connectivity index (χ0v) is 15.2. The number of aryl methyl sites for hydroxylation is 1. The summed E-state index contributed by atoms with van der Waals surface area (Å²) in [6, 6.07) is 13.2. The van der Waals surface area contributed by atoms with Crippen molar-refractivity contribution in [3.8, 4) is 0 Å². The lowest BCUT2D eigenvalue weighted by atomic mass is 9.99. The van der Waals surface area contributed by atoms with E-state index in [1.165, 1.54) is 37.2 Å². The highest BCUT2D eigenvalue weighted by atomic mass is 15.3. The fraction of sp³-hybridized carbons (Fsp3) is 0.429. The third-order valence-corrected chi connectivity index (χ3v) is 5.34. The summed E-state index contributed by atoms with van der Waals surface area (Å²) < 4.78 is 4.33. The van der Waals surface area contributed by atoms with Crippen molar-refractivity contribution >= 4 is 0 Å². The van der Waals surface area contributed by atoms with Crippen LogP contribution < -0.4 is 0 Å². The average molecular weight is 349 g/mol. The smallest absolute Gasteiger partial charge is 0.123 e. The molecule has 136 valence electrons. The Hall–Kier alpha value is -2.40. The molecule has 5 heteroatoms. The van der Waals surface area contributed by atoms with E-state index in [1.807, 2.05) is 23.1 Å². The zero-order valence-electron chi connectivity index (χ0n) is 15.2. The van der Waals surface area contributed by atoms with E-state index in [9.17, 15) is 0 Å². The Morgan fingerprint density at radius 1 is 0.962 bits per heavy atom. The lowest BCUT2D eigenvalue weighted by Gasteiger charge is -2.35. The van der Waals surface area contributed by atoms with E-state index in [1.54, 1.807) is 0 Å². The zero-order chi connectivity index (χ0) is 17.6. The van der Waals surface area contributed by atoms with E-state index >= 15 is 0 Å². The summed E-state index contributed by atoms with van der Waals surface area (Å²) in [7, 11) is 0. The third-order valence-electron chi connectivity index (χ3n) is 5.34. The van der Waals surface area contributed by atoms with E-state index in [4.69, 9.17) is 0 Å². The van der Waals surface area contributed by atoms with Crippen molar-refractivity contribution in [2.24, 2.45) is 0 Å². The maximum absolute atomic E-state index is 4.65. The Bertz CT molecular complexity index is 778. The lowest BCUT2D eigenvalue weighted by molar-refractivity contribution is 0.123. The molecule has 1 saturated heterocycles. The molecule has 1 aromatic carbocycles. The van der Waals surface area contributed by atoms with E-state index in [-0.39, 0.29) is 0 Å². The van der Waals surface area contributed by atoms with Gasteiger partial charge in [0.1, 0.15) is 5.82 Å². The molecule has 4 rings (SSSR count). The molecule has 0 radical (unpaired) electrons. The van der Waals surface area contributed by atoms with Gasteiger partial charge in [-0.3, -0.25) is 9.58 Å². The van der Waals surface area contributed by atoms with Crippen molar-refractivity contribution in [1.82, 2.24) is 24.2 Å². The molecule has 2 aromatic heterocycles. The molecule has 0 amide bonds. The van der Waals surface area contributed by atoms with Crippen LogP contribution in [0.5, 0.6) is 0 Å².